The van der Waals surface area contributed by atoms with Gasteiger partial charge >= 0.3 is 5.97 Å². The second-order valence-electron chi connectivity index (χ2n) is 6.67. The van der Waals surface area contributed by atoms with Gasteiger partial charge in [-0.1, -0.05) is 0 Å². The number of hydrogen-bond donors (Lipinski definition) is 0. The number of ether oxygens (including phenoxy) is 4. The summed E-state index contributed by atoms with van der Waals surface area (Å²) in [5, 5.41) is 0.180. The molecule has 1 aromatic heterocycles. The van der Waals surface area contributed by atoms with E-state index in [0.717, 1.165) is 5.75 Å². The zero-order valence-corrected chi connectivity index (χ0v) is 17.6. The Balaban J connectivity index is 1.86. The Morgan fingerprint density at radius 1 is 1.06 bits per heavy atom. The molecule has 31 heavy (non-hydrogen) atoms. The molecule has 2 aromatic carbocycles. The number of esters is 1. The lowest BCUT2D eigenvalue weighted by Gasteiger charge is -2.15. The zero-order valence-electron chi connectivity index (χ0n) is 17.6. The summed E-state index contributed by atoms with van der Waals surface area (Å²) in [6.45, 7) is 2.57. The molecule has 0 aliphatic heterocycles. The highest BCUT2D eigenvalue weighted by molar-refractivity contribution is 5.94. The van der Waals surface area contributed by atoms with Crippen LogP contribution in [0.2, 0.25) is 0 Å². The molecule has 0 bridgehead atoms. The SMILES string of the molecule is CCOC(=O)c1cn(CCCOc2ccc(OC)cc2)c2cc(F)c(OC)cc2c1=O. The van der Waals surface area contributed by atoms with Crippen molar-refractivity contribution >= 4 is 16.9 Å². The standard InChI is InChI=1S/C23H24FNO6/c1-4-30-23(27)18-14-25(10-5-11-31-16-8-6-15(28-2)7-9-16)20-13-19(24)21(29-3)12-17(20)22(18)26/h6-9,12-14H,4-5,10-11H2,1-3H3. The van der Waals surface area contributed by atoms with Crippen LogP contribution in [0.1, 0.15) is 23.7 Å². The number of rotatable bonds is 9. The first-order chi connectivity index (χ1) is 15.0. The van der Waals surface area contributed by atoms with Gasteiger partial charge in [-0.25, -0.2) is 9.18 Å². The molecule has 3 aromatic rings. The summed E-state index contributed by atoms with van der Waals surface area (Å²) >= 11 is 0. The molecule has 0 aliphatic carbocycles. The third-order valence-electron chi connectivity index (χ3n) is 4.72. The molecule has 0 amide bonds. The maximum atomic E-state index is 14.3. The van der Waals surface area contributed by atoms with E-state index >= 15 is 0 Å². The fourth-order valence-corrected chi connectivity index (χ4v) is 3.18. The lowest BCUT2D eigenvalue weighted by Crippen LogP contribution is -2.21. The van der Waals surface area contributed by atoms with Gasteiger partial charge in [0.25, 0.3) is 0 Å². The Morgan fingerprint density at radius 3 is 2.42 bits per heavy atom. The maximum absolute atomic E-state index is 14.3. The Hall–Kier alpha value is -3.55. The third kappa shape index (κ3) is 4.96. The normalized spacial score (nSPS) is 10.7. The van der Waals surface area contributed by atoms with E-state index in [0.29, 0.717) is 30.8 Å². The molecule has 3 rings (SSSR count). The summed E-state index contributed by atoms with van der Waals surface area (Å²) in [7, 11) is 2.90. The highest BCUT2D eigenvalue weighted by Crippen LogP contribution is 2.24. The van der Waals surface area contributed by atoms with Crippen LogP contribution in [-0.2, 0) is 11.3 Å². The van der Waals surface area contributed by atoms with Crippen LogP contribution >= 0.6 is 0 Å². The van der Waals surface area contributed by atoms with Gasteiger partial charge < -0.3 is 23.5 Å². The van der Waals surface area contributed by atoms with Crippen LogP contribution in [0.5, 0.6) is 17.2 Å². The average Bonchev–Trinajstić information content (AvgIpc) is 2.78. The minimum absolute atomic E-state index is 0.0694. The first-order valence-corrected chi connectivity index (χ1v) is 9.83. The van der Waals surface area contributed by atoms with Gasteiger partial charge in [0.15, 0.2) is 11.6 Å². The fraction of sp³-hybridized carbons (Fsp3) is 0.304. The maximum Gasteiger partial charge on any atom is 0.343 e. The molecule has 0 saturated carbocycles. The Kier molecular flexibility index (Phi) is 7.12. The van der Waals surface area contributed by atoms with Crippen LogP contribution in [0.4, 0.5) is 4.39 Å². The number of benzene rings is 2. The van der Waals surface area contributed by atoms with E-state index in [9.17, 15) is 14.0 Å². The predicted octanol–water partition coefficient (Wildman–Crippen LogP) is 3.80. The highest BCUT2D eigenvalue weighted by Gasteiger charge is 2.18. The number of fused-ring (bicyclic) bond motifs is 1. The van der Waals surface area contributed by atoms with Crippen molar-refractivity contribution in [2.75, 3.05) is 27.4 Å². The average molecular weight is 429 g/mol. The van der Waals surface area contributed by atoms with E-state index < -0.39 is 17.2 Å². The van der Waals surface area contributed by atoms with Crippen LogP contribution in [0.25, 0.3) is 10.9 Å². The van der Waals surface area contributed by atoms with Crippen molar-refractivity contribution in [3.8, 4) is 17.2 Å². The lowest BCUT2D eigenvalue weighted by atomic mass is 10.1. The van der Waals surface area contributed by atoms with Crippen molar-refractivity contribution < 1.29 is 28.1 Å². The molecule has 164 valence electrons. The van der Waals surface area contributed by atoms with Gasteiger partial charge in [-0.3, -0.25) is 4.79 Å². The van der Waals surface area contributed by atoms with E-state index in [2.05, 4.69) is 0 Å². The predicted molar refractivity (Wildman–Crippen MR) is 114 cm³/mol. The summed E-state index contributed by atoms with van der Waals surface area (Å²) in [5.41, 5.74) is -0.280. The Morgan fingerprint density at radius 2 is 1.77 bits per heavy atom. The number of aryl methyl sites for hydroxylation is 1. The topological polar surface area (TPSA) is 76.0 Å². The molecule has 0 unspecified atom stereocenters. The number of carbonyl (C=O) groups is 1. The molecule has 0 saturated heterocycles. The first-order valence-electron chi connectivity index (χ1n) is 9.83. The van der Waals surface area contributed by atoms with E-state index in [1.54, 1.807) is 42.9 Å². The number of carbonyl (C=O) groups excluding carboxylic acids is 1. The molecule has 8 heteroatoms. The van der Waals surface area contributed by atoms with Gasteiger partial charge in [0.2, 0.25) is 5.43 Å². The second kappa shape index (κ2) is 9.97. The second-order valence-corrected chi connectivity index (χ2v) is 6.67. The monoisotopic (exact) mass is 429 g/mol. The minimum atomic E-state index is -0.721. The number of aromatic nitrogens is 1. The highest BCUT2D eigenvalue weighted by atomic mass is 19.1. The molecule has 0 atom stereocenters. The van der Waals surface area contributed by atoms with Crippen LogP contribution < -0.4 is 19.6 Å². The van der Waals surface area contributed by atoms with Gasteiger partial charge in [-0.05, 0) is 43.7 Å². The summed E-state index contributed by atoms with van der Waals surface area (Å²) < 4.78 is 36.8. The van der Waals surface area contributed by atoms with Crippen molar-refractivity contribution in [2.45, 2.75) is 19.9 Å². The molecule has 0 fully saturated rings. The fourth-order valence-electron chi connectivity index (χ4n) is 3.18. The van der Waals surface area contributed by atoms with Crippen LogP contribution in [0.15, 0.2) is 47.4 Å². The molecular formula is C23H24FNO6. The Labute approximate surface area is 178 Å². The third-order valence-corrected chi connectivity index (χ3v) is 4.72. The molecule has 0 spiro atoms. The lowest BCUT2D eigenvalue weighted by molar-refractivity contribution is 0.0524. The number of hydrogen-bond acceptors (Lipinski definition) is 6. The van der Waals surface area contributed by atoms with Gasteiger partial charge in [0.05, 0.1) is 38.3 Å². The van der Waals surface area contributed by atoms with Gasteiger partial charge in [0.1, 0.15) is 17.1 Å². The summed E-state index contributed by atoms with van der Waals surface area (Å²) in [4.78, 5) is 25.1. The molecule has 0 aliphatic rings. The molecule has 1 heterocycles. The number of methoxy groups -OCH3 is 2. The van der Waals surface area contributed by atoms with Gasteiger partial charge in [-0.2, -0.15) is 0 Å². The molecule has 0 N–H and O–H groups in total. The quantitative estimate of drug-likeness (QED) is 0.380. The largest absolute Gasteiger partial charge is 0.497 e. The number of pyridine rings is 1. The van der Waals surface area contributed by atoms with E-state index in [-0.39, 0.29) is 23.3 Å². The summed E-state index contributed by atoms with van der Waals surface area (Å²) in [6, 6.07) is 9.73. The Bertz CT molecular complexity index is 1120. The first kappa shape index (κ1) is 22.1. The van der Waals surface area contributed by atoms with Gasteiger partial charge in [-0.15, -0.1) is 0 Å². The van der Waals surface area contributed by atoms with Crippen molar-refractivity contribution in [1.82, 2.24) is 4.57 Å². The van der Waals surface area contributed by atoms with Crippen molar-refractivity contribution in [3.05, 3.63) is 64.2 Å². The van der Waals surface area contributed by atoms with Crippen molar-refractivity contribution in [2.24, 2.45) is 0 Å². The zero-order chi connectivity index (χ0) is 22.4. The van der Waals surface area contributed by atoms with Crippen LogP contribution in [-0.4, -0.2) is 38.0 Å². The minimum Gasteiger partial charge on any atom is -0.497 e. The smallest absolute Gasteiger partial charge is 0.343 e. The summed E-state index contributed by atoms with van der Waals surface area (Å²) in [5.74, 6) is 0.0343. The van der Waals surface area contributed by atoms with E-state index in [1.807, 2.05) is 0 Å². The van der Waals surface area contributed by atoms with Crippen molar-refractivity contribution in [1.29, 1.82) is 0 Å². The van der Waals surface area contributed by atoms with Crippen LogP contribution in [0.3, 0.4) is 0 Å². The van der Waals surface area contributed by atoms with E-state index in [1.165, 1.54) is 25.4 Å². The van der Waals surface area contributed by atoms with Gasteiger partial charge in [0, 0.05) is 18.8 Å². The van der Waals surface area contributed by atoms with Crippen LogP contribution in [0, 0.1) is 5.82 Å². The molecule has 0 radical (unpaired) electrons. The number of nitrogens with zero attached hydrogens (tertiary/aromatic N) is 1. The number of halogens is 1. The van der Waals surface area contributed by atoms with E-state index in [4.69, 9.17) is 18.9 Å². The molecule has 7 nitrogen and oxygen atoms in total. The molecular weight excluding hydrogens is 405 g/mol. The van der Waals surface area contributed by atoms with Crippen molar-refractivity contribution in [3.63, 3.8) is 0 Å². The summed E-state index contributed by atoms with van der Waals surface area (Å²) in [6.07, 6.45) is 1.96.